The zero-order valence-electron chi connectivity index (χ0n) is 10.4. The third-order valence-electron chi connectivity index (χ3n) is 2.88. The second kappa shape index (κ2) is 4.55. The number of nitrogens with two attached hydrogens (primary N) is 1. The minimum Gasteiger partial charge on any atom is -0.464 e. The number of nitrogens with zero attached hydrogens (tertiary/aromatic N) is 2. The van der Waals surface area contributed by atoms with E-state index in [0.717, 1.165) is 5.82 Å². The molecular weight excluding hydrogens is 206 g/mol. The number of nitrogen functional groups attached to an aromatic ring is 1. The monoisotopic (exact) mass is 225 g/mol. The summed E-state index contributed by atoms with van der Waals surface area (Å²) in [6.07, 6.45) is 0. The minimum absolute atomic E-state index is 0.200. The quantitative estimate of drug-likeness (QED) is 0.796. The summed E-state index contributed by atoms with van der Waals surface area (Å²) in [5.74, 6) is 1.04. The molecule has 5 nitrogen and oxygen atoms in total. The Morgan fingerprint density at radius 1 is 1.44 bits per heavy atom. The van der Waals surface area contributed by atoms with Crippen molar-refractivity contribution in [2.24, 2.45) is 5.92 Å². The molecule has 0 aliphatic rings. The first kappa shape index (κ1) is 12.5. The van der Waals surface area contributed by atoms with Crippen molar-refractivity contribution in [3.05, 3.63) is 11.5 Å². The lowest BCUT2D eigenvalue weighted by atomic mass is 10.1. The van der Waals surface area contributed by atoms with Crippen molar-refractivity contribution in [3.63, 3.8) is 0 Å². The highest BCUT2D eigenvalue weighted by Crippen LogP contribution is 2.25. The standard InChI is InChI=1S/C11H19N3O2/c1-6(2)7(3)14-8(4)13-9(10(14)12)11(15)16-5/h6-7H,12H2,1-5H3. The summed E-state index contributed by atoms with van der Waals surface area (Å²) >= 11 is 0. The van der Waals surface area contributed by atoms with Gasteiger partial charge in [0.05, 0.1) is 7.11 Å². The molecule has 1 aromatic heterocycles. The lowest BCUT2D eigenvalue weighted by Gasteiger charge is -2.20. The zero-order chi connectivity index (χ0) is 12.5. The van der Waals surface area contributed by atoms with Gasteiger partial charge in [0.1, 0.15) is 11.6 Å². The molecule has 90 valence electrons. The molecule has 0 aliphatic heterocycles. The first-order chi connectivity index (χ1) is 7.40. The summed E-state index contributed by atoms with van der Waals surface area (Å²) in [6.45, 7) is 8.08. The Bertz CT molecular complexity index is 396. The molecule has 0 aromatic carbocycles. The van der Waals surface area contributed by atoms with Crippen LogP contribution in [0.3, 0.4) is 0 Å². The van der Waals surface area contributed by atoms with Crippen LogP contribution in [-0.2, 0) is 4.74 Å². The van der Waals surface area contributed by atoms with Crippen LogP contribution >= 0.6 is 0 Å². The molecule has 0 fully saturated rings. The number of carbonyl (C=O) groups excluding carboxylic acids is 1. The molecule has 0 bridgehead atoms. The molecule has 0 saturated carbocycles. The highest BCUT2D eigenvalue weighted by atomic mass is 16.5. The van der Waals surface area contributed by atoms with Gasteiger partial charge in [0, 0.05) is 6.04 Å². The van der Waals surface area contributed by atoms with Crippen molar-refractivity contribution < 1.29 is 9.53 Å². The molecule has 0 spiro atoms. The fourth-order valence-electron chi connectivity index (χ4n) is 1.62. The lowest BCUT2D eigenvalue weighted by Crippen LogP contribution is -2.16. The van der Waals surface area contributed by atoms with Crippen molar-refractivity contribution in [3.8, 4) is 0 Å². The van der Waals surface area contributed by atoms with Crippen LogP contribution in [0, 0.1) is 12.8 Å². The lowest BCUT2D eigenvalue weighted by molar-refractivity contribution is 0.0595. The van der Waals surface area contributed by atoms with Gasteiger partial charge in [-0.3, -0.25) is 0 Å². The average Bonchev–Trinajstić information content (AvgIpc) is 2.52. The molecule has 5 heteroatoms. The number of hydrogen-bond donors (Lipinski definition) is 1. The summed E-state index contributed by atoms with van der Waals surface area (Å²) in [4.78, 5) is 15.6. The van der Waals surface area contributed by atoms with Gasteiger partial charge in [-0.15, -0.1) is 0 Å². The first-order valence-corrected chi connectivity index (χ1v) is 5.32. The van der Waals surface area contributed by atoms with Gasteiger partial charge in [-0.1, -0.05) is 13.8 Å². The number of carbonyl (C=O) groups is 1. The van der Waals surface area contributed by atoms with E-state index < -0.39 is 5.97 Å². The molecule has 2 N–H and O–H groups in total. The number of esters is 1. The maximum Gasteiger partial charge on any atom is 0.360 e. The highest BCUT2D eigenvalue weighted by Gasteiger charge is 2.22. The molecule has 1 unspecified atom stereocenters. The Morgan fingerprint density at radius 3 is 2.44 bits per heavy atom. The van der Waals surface area contributed by atoms with Gasteiger partial charge in [-0.05, 0) is 19.8 Å². The molecule has 1 rings (SSSR count). The number of rotatable bonds is 3. The zero-order valence-corrected chi connectivity index (χ0v) is 10.4. The van der Waals surface area contributed by atoms with E-state index in [1.165, 1.54) is 7.11 Å². The number of anilines is 1. The predicted octanol–water partition coefficient (Wildman–Crippen LogP) is 1.78. The Morgan fingerprint density at radius 2 is 2.00 bits per heavy atom. The van der Waals surface area contributed by atoms with Gasteiger partial charge in [0.2, 0.25) is 0 Å². The second-order valence-electron chi connectivity index (χ2n) is 4.24. The van der Waals surface area contributed by atoms with Gasteiger partial charge in [-0.25, -0.2) is 9.78 Å². The number of hydrogen-bond acceptors (Lipinski definition) is 4. The third-order valence-corrected chi connectivity index (χ3v) is 2.88. The van der Waals surface area contributed by atoms with Gasteiger partial charge in [0.25, 0.3) is 0 Å². The number of ether oxygens (including phenoxy) is 1. The van der Waals surface area contributed by atoms with E-state index in [1.54, 1.807) is 0 Å². The van der Waals surface area contributed by atoms with Crippen LogP contribution in [0.15, 0.2) is 0 Å². The highest BCUT2D eigenvalue weighted by molar-refractivity contribution is 5.92. The number of aromatic nitrogens is 2. The van der Waals surface area contributed by atoms with E-state index >= 15 is 0 Å². The Kier molecular flexibility index (Phi) is 3.57. The van der Waals surface area contributed by atoms with Crippen LogP contribution in [0.4, 0.5) is 5.82 Å². The van der Waals surface area contributed by atoms with Gasteiger partial charge >= 0.3 is 5.97 Å². The predicted molar refractivity (Wildman–Crippen MR) is 62.3 cm³/mol. The Labute approximate surface area is 95.6 Å². The SMILES string of the molecule is COC(=O)c1nc(C)n(C(C)C(C)C)c1N. The third kappa shape index (κ3) is 2.03. The van der Waals surface area contributed by atoms with E-state index in [9.17, 15) is 4.79 Å². The smallest absolute Gasteiger partial charge is 0.360 e. The van der Waals surface area contributed by atoms with Crippen LogP contribution < -0.4 is 5.73 Å². The molecule has 1 heterocycles. The molecule has 16 heavy (non-hydrogen) atoms. The summed E-state index contributed by atoms with van der Waals surface area (Å²) in [7, 11) is 1.32. The van der Waals surface area contributed by atoms with Crippen molar-refractivity contribution in [1.82, 2.24) is 9.55 Å². The molecule has 0 radical (unpaired) electrons. The second-order valence-corrected chi connectivity index (χ2v) is 4.24. The average molecular weight is 225 g/mol. The largest absolute Gasteiger partial charge is 0.464 e. The summed E-state index contributed by atoms with van der Waals surface area (Å²) in [5, 5.41) is 0. The van der Waals surface area contributed by atoms with Gasteiger partial charge in [0.15, 0.2) is 5.69 Å². The van der Waals surface area contributed by atoms with Crippen LogP contribution in [0.1, 0.15) is 43.1 Å². The molecule has 0 aliphatic carbocycles. The van der Waals surface area contributed by atoms with E-state index in [2.05, 4.69) is 30.5 Å². The number of imidazole rings is 1. The number of aryl methyl sites for hydroxylation is 1. The van der Waals surface area contributed by atoms with E-state index in [4.69, 9.17) is 5.73 Å². The molecule has 1 aromatic rings. The fourth-order valence-corrected chi connectivity index (χ4v) is 1.62. The van der Waals surface area contributed by atoms with Crippen LogP contribution in [-0.4, -0.2) is 22.6 Å². The van der Waals surface area contributed by atoms with Crippen molar-refractivity contribution in [2.75, 3.05) is 12.8 Å². The van der Waals surface area contributed by atoms with Crippen LogP contribution in [0.5, 0.6) is 0 Å². The van der Waals surface area contributed by atoms with E-state index in [0.29, 0.717) is 11.7 Å². The van der Waals surface area contributed by atoms with Gasteiger partial charge < -0.3 is 15.0 Å². The fraction of sp³-hybridized carbons (Fsp3) is 0.636. The molecule has 0 amide bonds. The van der Waals surface area contributed by atoms with Crippen LogP contribution in [0.25, 0.3) is 0 Å². The Balaban J connectivity index is 3.22. The first-order valence-electron chi connectivity index (χ1n) is 5.32. The molecule has 1 atom stereocenters. The summed E-state index contributed by atoms with van der Waals surface area (Å²) in [5.41, 5.74) is 6.12. The van der Waals surface area contributed by atoms with Crippen LogP contribution in [0.2, 0.25) is 0 Å². The summed E-state index contributed by atoms with van der Waals surface area (Å²) in [6, 6.07) is 0.200. The molecule has 0 saturated heterocycles. The van der Waals surface area contributed by atoms with Gasteiger partial charge in [-0.2, -0.15) is 0 Å². The Hall–Kier alpha value is -1.52. The van der Waals surface area contributed by atoms with Crippen molar-refractivity contribution in [1.29, 1.82) is 0 Å². The van der Waals surface area contributed by atoms with Crippen molar-refractivity contribution in [2.45, 2.75) is 33.7 Å². The minimum atomic E-state index is -0.490. The number of methoxy groups -OCH3 is 1. The topological polar surface area (TPSA) is 70.1 Å². The van der Waals surface area contributed by atoms with Crippen molar-refractivity contribution >= 4 is 11.8 Å². The maximum atomic E-state index is 11.4. The maximum absolute atomic E-state index is 11.4. The van der Waals surface area contributed by atoms with E-state index in [1.807, 2.05) is 11.5 Å². The van der Waals surface area contributed by atoms with E-state index in [-0.39, 0.29) is 11.7 Å². The summed E-state index contributed by atoms with van der Waals surface area (Å²) < 4.78 is 6.50. The normalized spacial score (nSPS) is 12.9. The molecular formula is C11H19N3O2.